The van der Waals surface area contributed by atoms with E-state index in [1.165, 1.54) is 70.3 Å². The van der Waals surface area contributed by atoms with Crippen LogP contribution in [0.5, 0.6) is 0 Å². The molecule has 0 amide bonds. The fraction of sp³-hybridized carbons (Fsp3) is 0.519. The number of carbonyl (C=O) groups is 1. The van der Waals surface area contributed by atoms with Gasteiger partial charge in [0, 0.05) is 12.0 Å². The van der Waals surface area contributed by atoms with Crippen molar-refractivity contribution in [1.82, 2.24) is 0 Å². The normalized spacial score (nSPS) is 12.2. The lowest BCUT2D eigenvalue weighted by atomic mass is 10.1. The molecule has 0 aromatic heterocycles. The number of hydrogen-bond acceptors (Lipinski definition) is 1. The average molecular weight is 435 g/mol. The van der Waals surface area contributed by atoms with Crippen molar-refractivity contribution in [3.8, 4) is 0 Å². The Morgan fingerprint density at radius 1 is 0.633 bits per heavy atom. The van der Waals surface area contributed by atoms with E-state index >= 15 is 0 Å². The molecule has 0 aliphatic carbocycles. The van der Waals surface area contributed by atoms with Crippen LogP contribution in [0.1, 0.15) is 84.5 Å². The van der Waals surface area contributed by atoms with Crippen LogP contribution in [0, 0.1) is 0 Å². The molecule has 0 rings (SSSR count). The molecule has 0 fully saturated rings. The zero-order valence-corrected chi connectivity index (χ0v) is 19.9. The number of carboxylic acids is 1. The van der Waals surface area contributed by atoms with Gasteiger partial charge in [-0.3, -0.25) is 0 Å². The van der Waals surface area contributed by atoms with Crippen LogP contribution in [-0.2, 0) is 4.79 Å². The summed E-state index contributed by atoms with van der Waals surface area (Å²) in [7, 11) is 0. The smallest absolute Gasteiger partial charge is 0.328 e. The van der Waals surface area contributed by atoms with Crippen molar-refractivity contribution in [3.05, 3.63) is 72.9 Å². The van der Waals surface area contributed by atoms with E-state index in [0.29, 0.717) is 0 Å². The van der Waals surface area contributed by atoms with Gasteiger partial charge < -0.3 is 5.11 Å². The molecule has 30 heavy (non-hydrogen) atoms. The number of allylic oxidation sites excluding steroid dienone is 11. The van der Waals surface area contributed by atoms with Gasteiger partial charge in [-0.15, -0.1) is 11.6 Å². The van der Waals surface area contributed by atoms with Crippen molar-refractivity contribution >= 4 is 17.6 Å². The molecular weight excluding hydrogens is 392 g/mol. The molecular formula is C27H43ClO2. The maximum absolute atomic E-state index is 10.2. The second-order valence-electron chi connectivity index (χ2n) is 6.97. The van der Waals surface area contributed by atoms with E-state index in [2.05, 4.69) is 26.0 Å². The van der Waals surface area contributed by atoms with Gasteiger partial charge in [-0.05, 0) is 19.3 Å². The lowest BCUT2D eigenvalue weighted by Crippen LogP contribution is -1.84. The number of carboxylic acid groups (broad SMARTS) is 1. The van der Waals surface area contributed by atoms with Crippen LogP contribution in [0.15, 0.2) is 72.9 Å². The summed E-state index contributed by atoms with van der Waals surface area (Å²) in [6.07, 6.45) is 36.5. The molecule has 0 radical (unpaired) electrons. The summed E-state index contributed by atoms with van der Waals surface area (Å²) in [6.45, 7) is 4.43. The summed E-state index contributed by atoms with van der Waals surface area (Å²) in [5.74, 6) is -0.109. The maximum Gasteiger partial charge on any atom is 0.328 e. The number of halogens is 1. The number of unbranched alkanes of at least 4 members (excludes halogenated alkanes) is 9. The van der Waals surface area contributed by atoms with Gasteiger partial charge >= 0.3 is 5.97 Å². The van der Waals surface area contributed by atoms with Gasteiger partial charge in [0.2, 0.25) is 0 Å². The molecule has 0 spiro atoms. The lowest BCUT2D eigenvalue weighted by molar-refractivity contribution is -0.131. The number of hydrogen-bond donors (Lipinski definition) is 1. The molecule has 0 aliphatic rings. The molecule has 0 heterocycles. The van der Waals surface area contributed by atoms with Crippen molar-refractivity contribution in [1.29, 1.82) is 0 Å². The zero-order valence-electron chi connectivity index (χ0n) is 19.1. The molecule has 1 N–H and O–H groups in total. The first-order valence-corrected chi connectivity index (χ1v) is 12.0. The van der Waals surface area contributed by atoms with E-state index in [1.54, 1.807) is 12.2 Å². The van der Waals surface area contributed by atoms with Gasteiger partial charge in [-0.1, -0.05) is 132 Å². The molecule has 0 unspecified atom stereocenters. The highest BCUT2D eigenvalue weighted by molar-refractivity contribution is 6.17. The largest absolute Gasteiger partial charge is 0.478 e. The van der Waals surface area contributed by atoms with E-state index in [9.17, 15) is 4.79 Å². The Morgan fingerprint density at radius 3 is 1.53 bits per heavy atom. The summed E-state index contributed by atoms with van der Waals surface area (Å²) in [4.78, 5) is 10.2. The Hall–Kier alpha value is -1.80. The predicted molar refractivity (Wildman–Crippen MR) is 135 cm³/mol. The molecule has 0 aromatic carbocycles. The molecule has 2 nitrogen and oxygen atoms in total. The standard InChI is InChI=1S/C22H32O2.C5H11Cl/c1-2-3-4-5-6-7-8-9-10-11-12-13-14-15-16-17-18-19-20-21-22(23)24;1-2-3-4-5-6/h10-21H,2-9H2,1H3,(H,23,24);2-5H2,1H3. The molecule has 0 aliphatic heterocycles. The highest BCUT2D eigenvalue weighted by atomic mass is 35.5. The van der Waals surface area contributed by atoms with Crippen LogP contribution in [0.25, 0.3) is 0 Å². The van der Waals surface area contributed by atoms with Gasteiger partial charge in [0.1, 0.15) is 0 Å². The maximum atomic E-state index is 10.2. The Balaban J connectivity index is 0. The minimum Gasteiger partial charge on any atom is -0.478 e. The van der Waals surface area contributed by atoms with Crippen molar-refractivity contribution in [2.75, 3.05) is 5.88 Å². The van der Waals surface area contributed by atoms with E-state index in [4.69, 9.17) is 16.7 Å². The summed E-state index contributed by atoms with van der Waals surface area (Å²) in [5, 5.41) is 8.39. The third kappa shape index (κ3) is 33.8. The minimum atomic E-state index is -0.936. The van der Waals surface area contributed by atoms with Crippen LogP contribution < -0.4 is 0 Å². The monoisotopic (exact) mass is 434 g/mol. The van der Waals surface area contributed by atoms with E-state index in [0.717, 1.165) is 18.4 Å². The second-order valence-corrected chi connectivity index (χ2v) is 7.35. The predicted octanol–water partition coefficient (Wildman–Crippen LogP) is 8.96. The lowest BCUT2D eigenvalue weighted by Gasteiger charge is -1.98. The van der Waals surface area contributed by atoms with Crippen LogP contribution in [0.2, 0.25) is 0 Å². The first-order chi connectivity index (χ1) is 14.7. The molecule has 0 aromatic rings. The highest BCUT2D eigenvalue weighted by Crippen LogP contribution is 2.08. The topological polar surface area (TPSA) is 37.3 Å². The molecule has 170 valence electrons. The first kappa shape index (κ1) is 30.4. The second kappa shape index (κ2) is 29.4. The molecule has 0 saturated carbocycles. The summed E-state index contributed by atoms with van der Waals surface area (Å²) in [5.41, 5.74) is 0. The van der Waals surface area contributed by atoms with Crippen LogP contribution >= 0.6 is 11.6 Å². The third-order valence-electron chi connectivity index (χ3n) is 4.09. The van der Waals surface area contributed by atoms with Crippen LogP contribution in [0.3, 0.4) is 0 Å². The minimum absolute atomic E-state index is 0.827. The average Bonchev–Trinajstić information content (AvgIpc) is 2.74. The van der Waals surface area contributed by atoms with Gasteiger partial charge in [0.15, 0.2) is 0 Å². The summed E-state index contributed by atoms with van der Waals surface area (Å²) >= 11 is 5.38. The van der Waals surface area contributed by atoms with Gasteiger partial charge in [0.25, 0.3) is 0 Å². The fourth-order valence-corrected chi connectivity index (χ4v) is 2.58. The van der Waals surface area contributed by atoms with Crippen molar-refractivity contribution in [3.63, 3.8) is 0 Å². The first-order valence-electron chi connectivity index (χ1n) is 11.5. The van der Waals surface area contributed by atoms with E-state index in [1.807, 2.05) is 36.5 Å². The molecule has 0 saturated heterocycles. The van der Waals surface area contributed by atoms with Crippen molar-refractivity contribution < 1.29 is 9.90 Å². The Morgan fingerprint density at radius 2 is 1.07 bits per heavy atom. The Kier molecular flexibility index (Phi) is 29.8. The quantitative estimate of drug-likeness (QED) is 0.107. The third-order valence-corrected chi connectivity index (χ3v) is 4.35. The van der Waals surface area contributed by atoms with Gasteiger partial charge in [-0.25, -0.2) is 4.79 Å². The van der Waals surface area contributed by atoms with Gasteiger partial charge in [0.05, 0.1) is 0 Å². The summed E-state index contributed by atoms with van der Waals surface area (Å²) in [6, 6.07) is 0. The van der Waals surface area contributed by atoms with E-state index in [-0.39, 0.29) is 0 Å². The molecule has 3 heteroatoms. The number of rotatable bonds is 17. The van der Waals surface area contributed by atoms with Crippen LogP contribution in [-0.4, -0.2) is 17.0 Å². The summed E-state index contributed by atoms with van der Waals surface area (Å²) < 4.78 is 0. The fourth-order valence-electron chi connectivity index (χ4n) is 2.39. The Bertz CT molecular complexity index is 521. The zero-order chi connectivity index (χ0) is 22.5. The SMILES string of the molecule is CCCCCCCCCC=CC=CC=CC=CC=CC=CC(=O)O.CCCCCCl. The van der Waals surface area contributed by atoms with Crippen molar-refractivity contribution in [2.24, 2.45) is 0 Å². The molecule has 0 atom stereocenters. The number of alkyl halides is 1. The van der Waals surface area contributed by atoms with Gasteiger partial charge in [-0.2, -0.15) is 0 Å². The number of aliphatic carboxylic acids is 1. The van der Waals surface area contributed by atoms with Crippen molar-refractivity contribution in [2.45, 2.75) is 84.5 Å². The van der Waals surface area contributed by atoms with E-state index < -0.39 is 5.97 Å². The van der Waals surface area contributed by atoms with Crippen LogP contribution in [0.4, 0.5) is 0 Å². The Labute approximate surface area is 190 Å². The molecule has 0 bridgehead atoms. The highest BCUT2D eigenvalue weighted by Gasteiger charge is 1.88.